The first-order chi connectivity index (χ1) is 10.8. The van der Waals surface area contributed by atoms with Crippen LogP contribution >= 0.6 is 0 Å². The lowest BCUT2D eigenvalue weighted by Gasteiger charge is -2.48. The molecule has 1 N–H and O–H groups in total. The molecule has 0 aliphatic carbocycles. The molecule has 0 fully saturated rings. The van der Waals surface area contributed by atoms with Gasteiger partial charge in [-0.25, -0.2) is 0 Å². The van der Waals surface area contributed by atoms with Crippen LogP contribution < -0.4 is 5.32 Å². The standard InChI is InChI=1S/C19H26F3N/c1-6-10-11-16(15(9-4)19(20,21)22)18(12-7-2)17(13-23-18)14(5)8-3/h6,9-11,13-14,23H,1,4,7-8,12H2,2-3,5H3/b11-10-,16-15-/t14-,18-/m1/s1. The molecule has 0 aromatic carbocycles. The van der Waals surface area contributed by atoms with Crippen LogP contribution in [-0.2, 0) is 0 Å². The largest absolute Gasteiger partial charge is 0.416 e. The minimum Gasteiger partial charge on any atom is -0.378 e. The monoisotopic (exact) mass is 325 g/mol. The van der Waals surface area contributed by atoms with Crippen molar-refractivity contribution < 1.29 is 13.2 Å². The minimum atomic E-state index is -4.44. The van der Waals surface area contributed by atoms with Crippen molar-refractivity contribution in [2.24, 2.45) is 5.92 Å². The maximum atomic E-state index is 13.5. The lowest BCUT2D eigenvalue weighted by atomic mass is 9.68. The Morgan fingerprint density at radius 2 is 2.00 bits per heavy atom. The summed E-state index contributed by atoms with van der Waals surface area (Å²) < 4.78 is 40.5. The summed E-state index contributed by atoms with van der Waals surface area (Å²) in [5.74, 6) is 0.217. The first-order valence-electron chi connectivity index (χ1n) is 8.00. The van der Waals surface area contributed by atoms with Crippen LogP contribution in [0.5, 0.6) is 0 Å². The summed E-state index contributed by atoms with van der Waals surface area (Å²) in [6.07, 6.45) is 5.13. The van der Waals surface area contributed by atoms with Crippen LogP contribution in [0.1, 0.15) is 40.0 Å². The second kappa shape index (κ2) is 7.71. The van der Waals surface area contributed by atoms with E-state index in [2.05, 4.69) is 18.5 Å². The molecule has 0 saturated carbocycles. The van der Waals surface area contributed by atoms with E-state index in [1.807, 2.05) is 27.0 Å². The van der Waals surface area contributed by atoms with Crippen molar-refractivity contribution in [1.82, 2.24) is 5.32 Å². The van der Waals surface area contributed by atoms with Crippen molar-refractivity contribution in [3.8, 4) is 0 Å². The molecule has 0 radical (unpaired) electrons. The highest BCUT2D eigenvalue weighted by atomic mass is 19.4. The van der Waals surface area contributed by atoms with Gasteiger partial charge < -0.3 is 5.32 Å². The Hall–Kier alpha value is -1.71. The van der Waals surface area contributed by atoms with Gasteiger partial charge in [-0.1, -0.05) is 64.7 Å². The zero-order valence-corrected chi connectivity index (χ0v) is 14.1. The summed E-state index contributed by atoms with van der Waals surface area (Å²) in [5.41, 5.74) is -0.220. The number of halogens is 3. The van der Waals surface area contributed by atoms with E-state index in [4.69, 9.17) is 0 Å². The van der Waals surface area contributed by atoms with E-state index in [9.17, 15) is 13.2 Å². The Bertz CT molecular complexity index is 537. The van der Waals surface area contributed by atoms with Crippen LogP contribution in [0.3, 0.4) is 0 Å². The molecule has 1 rings (SSSR count). The van der Waals surface area contributed by atoms with Crippen molar-refractivity contribution in [3.63, 3.8) is 0 Å². The molecule has 1 heterocycles. The number of nitrogens with one attached hydrogen (secondary N) is 1. The Kier molecular flexibility index (Phi) is 6.48. The predicted octanol–water partition coefficient (Wildman–Crippen LogP) is 5.85. The van der Waals surface area contributed by atoms with Crippen molar-refractivity contribution in [2.45, 2.75) is 51.7 Å². The number of alkyl halides is 3. The molecule has 0 amide bonds. The smallest absolute Gasteiger partial charge is 0.378 e. The molecule has 0 bridgehead atoms. The summed E-state index contributed by atoms with van der Waals surface area (Å²) in [7, 11) is 0. The van der Waals surface area contributed by atoms with Crippen LogP contribution in [0.15, 0.2) is 60.4 Å². The first kappa shape index (κ1) is 19.3. The van der Waals surface area contributed by atoms with Gasteiger partial charge in [0.05, 0.1) is 11.1 Å². The summed E-state index contributed by atoms with van der Waals surface area (Å²) in [5, 5.41) is 3.17. The average molecular weight is 325 g/mol. The Morgan fingerprint density at radius 1 is 1.35 bits per heavy atom. The summed E-state index contributed by atoms with van der Waals surface area (Å²) >= 11 is 0. The minimum absolute atomic E-state index is 0.217. The Morgan fingerprint density at radius 3 is 2.35 bits per heavy atom. The molecule has 23 heavy (non-hydrogen) atoms. The van der Waals surface area contributed by atoms with Crippen LogP contribution in [0.4, 0.5) is 13.2 Å². The molecule has 0 spiro atoms. The van der Waals surface area contributed by atoms with Gasteiger partial charge in [-0.05, 0) is 36.1 Å². The third kappa shape index (κ3) is 3.80. The number of hydrogen-bond donors (Lipinski definition) is 1. The molecule has 1 nitrogen and oxygen atoms in total. The average Bonchev–Trinajstić information content (AvgIpc) is 2.46. The van der Waals surface area contributed by atoms with E-state index >= 15 is 0 Å². The number of allylic oxidation sites excluding steroid dienone is 4. The topological polar surface area (TPSA) is 12.0 Å². The van der Waals surface area contributed by atoms with E-state index in [1.54, 1.807) is 6.08 Å². The van der Waals surface area contributed by atoms with Crippen LogP contribution in [0, 0.1) is 5.92 Å². The van der Waals surface area contributed by atoms with Gasteiger partial charge in [0.25, 0.3) is 0 Å². The maximum Gasteiger partial charge on any atom is 0.416 e. The molecule has 1 aliphatic heterocycles. The molecule has 128 valence electrons. The molecule has 0 aromatic heterocycles. The molecule has 0 saturated heterocycles. The lowest BCUT2D eigenvalue weighted by Crippen LogP contribution is -2.55. The van der Waals surface area contributed by atoms with Gasteiger partial charge in [0.1, 0.15) is 0 Å². The third-order valence-corrected chi connectivity index (χ3v) is 4.39. The lowest BCUT2D eigenvalue weighted by molar-refractivity contribution is -0.0894. The van der Waals surface area contributed by atoms with Gasteiger partial charge in [0.2, 0.25) is 0 Å². The summed E-state index contributed by atoms with van der Waals surface area (Å²) in [6.45, 7) is 13.0. The van der Waals surface area contributed by atoms with Crippen molar-refractivity contribution in [3.05, 3.63) is 60.4 Å². The zero-order chi connectivity index (χ0) is 17.7. The SMILES string of the molecule is C=C/C=C\C(=C(/C=C)C(F)(F)F)[C@@]1(CCC)NC=C1[C@H](C)CC. The molecule has 0 unspecified atom stereocenters. The van der Waals surface area contributed by atoms with Crippen molar-refractivity contribution >= 4 is 0 Å². The molecule has 1 aliphatic rings. The van der Waals surface area contributed by atoms with Gasteiger partial charge in [-0.3, -0.25) is 0 Å². The zero-order valence-electron chi connectivity index (χ0n) is 14.1. The van der Waals surface area contributed by atoms with Crippen LogP contribution in [0.25, 0.3) is 0 Å². The predicted molar refractivity (Wildman–Crippen MR) is 90.9 cm³/mol. The summed E-state index contributed by atoms with van der Waals surface area (Å²) in [6, 6.07) is 0. The second-order valence-corrected chi connectivity index (χ2v) is 5.83. The van der Waals surface area contributed by atoms with E-state index in [-0.39, 0.29) is 11.5 Å². The third-order valence-electron chi connectivity index (χ3n) is 4.39. The Balaban J connectivity index is 3.58. The normalized spacial score (nSPS) is 23.5. The van der Waals surface area contributed by atoms with E-state index in [0.717, 1.165) is 24.5 Å². The van der Waals surface area contributed by atoms with Gasteiger partial charge >= 0.3 is 6.18 Å². The van der Waals surface area contributed by atoms with Crippen LogP contribution in [0.2, 0.25) is 0 Å². The first-order valence-corrected chi connectivity index (χ1v) is 8.00. The van der Waals surface area contributed by atoms with Gasteiger partial charge in [0.15, 0.2) is 0 Å². The van der Waals surface area contributed by atoms with Crippen molar-refractivity contribution in [2.75, 3.05) is 0 Å². The molecule has 2 atom stereocenters. The van der Waals surface area contributed by atoms with Crippen LogP contribution in [-0.4, -0.2) is 11.7 Å². The fourth-order valence-corrected chi connectivity index (χ4v) is 3.08. The van der Waals surface area contributed by atoms with Crippen molar-refractivity contribution in [1.29, 1.82) is 0 Å². The van der Waals surface area contributed by atoms with Gasteiger partial charge in [-0.2, -0.15) is 13.2 Å². The highest BCUT2D eigenvalue weighted by Gasteiger charge is 2.47. The molecular formula is C19H26F3N. The number of rotatable bonds is 8. The van der Waals surface area contributed by atoms with Gasteiger partial charge in [-0.15, -0.1) is 0 Å². The Labute approximate surface area is 137 Å². The maximum absolute atomic E-state index is 13.5. The fourth-order valence-electron chi connectivity index (χ4n) is 3.08. The van der Waals surface area contributed by atoms with E-state index < -0.39 is 17.3 Å². The van der Waals surface area contributed by atoms with E-state index in [1.165, 1.54) is 12.2 Å². The molecule has 0 aromatic rings. The van der Waals surface area contributed by atoms with Gasteiger partial charge in [0, 0.05) is 0 Å². The number of hydrogen-bond acceptors (Lipinski definition) is 1. The summed E-state index contributed by atoms with van der Waals surface area (Å²) in [4.78, 5) is 0. The fraction of sp³-hybridized carbons (Fsp3) is 0.474. The second-order valence-electron chi connectivity index (χ2n) is 5.83. The highest BCUT2D eigenvalue weighted by Crippen LogP contribution is 2.45. The quantitative estimate of drug-likeness (QED) is 0.552. The highest BCUT2D eigenvalue weighted by molar-refractivity contribution is 5.54. The molecular weight excluding hydrogens is 299 g/mol. The molecule has 4 heteroatoms. The van der Waals surface area contributed by atoms with E-state index in [0.29, 0.717) is 6.42 Å².